The molecule has 3 aromatic rings. The van der Waals surface area contributed by atoms with E-state index in [4.69, 9.17) is 16.3 Å². The Balaban J connectivity index is 1.84. The fourth-order valence-corrected chi connectivity index (χ4v) is 4.03. The SMILES string of the molecule is CCC(=O)N1c2ncnn2C(c2ccccc2Cl)CC1c1ccc(OC)cc1. The molecule has 1 aliphatic rings. The van der Waals surface area contributed by atoms with Gasteiger partial charge in [0.05, 0.1) is 19.2 Å². The van der Waals surface area contributed by atoms with Gasteiger partial charge in [-0.25, -0.2) is 4.68 Å². The maximum atomic E-state index is 12.8. The Morgan fingerprint density at radius 3 is 2.61 bits per heavy atom. The lowest BCUT2D eigenvalue weighted by Crippen LogP contribution is -2.42. The molecule has 1 aromatic heterocycles. The summed E-state index contributed by atoms with van der Waals surface area (Å²) < 4.78 is 7.08. The van der Waals surface area contributed by atoms with E-state index in [0.717, 1.165) is 16.9 Å². The predicted octanol–water partition coefficient (Wildman–Crippen LogP) is 4.42. The first-order valence-corrected chi connectivity index (χ1v) is 9.61. The molecular weight excluding hydrogens is 376 g/mol. The lowest BCUT2D eigenvalue weighted by Gasteiger charge is -2.39. The molecule has 0 N–H and O–H groups in total. The Morgan fingerprint density at radius 2 is 1.93 bits per heavy atom. The molecule has 0 fully saturated rings. The van der Waals surface area contributed by atoms with Crippen molar-refractivity contribution >= 4 is 23.5 Å². The van der Waals surface area contributed by atoms with E-state index in [9.17, 15) is 4.79 Å². The van der Waals surface area contributed by atoms with Crippen molar-refractivity contribution < 1.29 is 9.53 Å². The Morgan fingerprint density at radius 1 is 1.18 bits per heavy atom. The molecule has 6 nitrogen and oxygen atoms in total. The van der Waals surface area contributed by atoms with Crippen molar-refractivity contribution in [2.24, 2.45) is 0 Å². The highest BCUT2D eigenvalue weighted by Gasteiger charge is 2.39. The number of hydrogen-bond acceptors (Lipinski definition) is 4. The summed E-state index contributed by atoms with van der Waals surface area (Å²) in [6, 6.07) is 15.3. The van der Waals surface area contributed by atoms with Crippen molar-refractivity contribution in [3.05, 3.63) is 71.0 Å². The van der Waals surface area contributed by atoms with E-state index in [1.165, 1.54) is 6.33 Å². The molecule has 28 heavy (non-hydrogen) atoms. The highest BCUT2D eigenvalue weighted by Crippen LogP contribution is 2.43. The zero-order valence-electron chi connectivity index (χ0n) is 15.7. The van der Waals surface area contributed by atoms with E-state index >= 15 is 0 Å². The summed E-state index contributed by atoms with van der Waals surface area (Å²) in [5.74, 6) is 1.33. The zero-order chi connectivity index (χ0) is 19.7. The number of nitrogens with zero attached hydrogens (tertiary/aromatic N) is 4. The summed E-state index contributed by atoms with van der Waals surface area (Å²) in [7, 11) is 1.64. The van der Waals surface area contributed by atoms with Gasteiger partial charge in [-0.1, -0.05) is 48.9 Å². The summed E-state index contributed by atoms with van der Waals surface area (Å²) in [6.45, 7) is 1.86. The van der Waals surface area contributed by atoms with E-state index in [1.54, 1.807) is 16.7 Å². The van der Waals surface area contributed by atoms with Crippen LogP contribution in [0.25, 0.3) is 0 Å². The highest BCUT2D eigenvalue weighted by atomic mass is 35.5. The molecule has 144 valence electrons. The molecule has 2 unspecified atom stereocenters. The van der Waals surface area contributed by atoms with Crippen molar-refractivity contribution in [2.45, 2.75) is 31.8 Å². The lowest BCUT2D eigenvalue weighted by atomic mass is 9.91. The van der Waals surface area contributed by atoms with Crippen LogP contribution in [0.4, 0.5) is 5.95 Å². The van der Waals surface area contributed by atoms with Crippen LogP contribution in [0.3, 0.4) is 0 Å². The van der Waals surface area contributed by atoms with E-state index in [1.807, 2.05) is 55.5 Å². The molecule has 0 spiro atoms. The predicted molar refractivity (Wildman–Crippen MR) is 108 cm³/mol. The third-order valence-electron chi connectivity index (χ3n) is 5.16. The molecule has 0 aliphatic carbocycles. The number of halogens is 1. The largest absolute Gasteiger partial charge is 0.497 e. The second-order valence-corrected chi connectivity index (χ2v) is 7.09. The van der Waals surface area contributed by atoms with Crippen LogP contribution < -0.4 is 9.64 Å². The van der Waals surface area contributed by atoms with Gasteiger partial charge in [-0.15, -0.1) is 0 Å². The lowest BCUT2D eigenvalue weighted by molar-refractivity contribution is -0.119. The van der Waals surface area contributed by atoms with Gasteiger partial charge in [0.25, 0.3) is 0 Å². The van der Waals surface area contributed by atoms with Gasteiger partial charge in [-0.3, -0.25) is 9.69 Å². The van der Waals surface area contributed by atoms with Crippen molar-refractivity contribution in [1.82, 2.24) is 14.8 Å². The van der Waals surface area contributed by atoms with Gasteiger partial charge in [0.2, 0.25) is 11.9 Å². The molecule has 0 radical (unpaired) electrons. The monoisotopic (exact) mass is 396 g/mol. The number of carbonyl (C=O) groups is 1. The van der Waals surface area contributed by atoms with Crippen LogP contribution in [0.2, 0.25) is 5.02 Å². The van der Waals surface area contributed by atoms with Crippen molar-refractivity contribution in [3.8, 4) is 5.75 Å². The number of hydrogen-bond donors (Lipinski definition) is 0. The summed E-state index contributed by atoms with van der Waals surface area (Å²) in [6.07, 6.45) is 2.53. The molecule has 1 aliphatic heterocycles. The highest BCUT2D eigenvalue weighted by molar-refractivity contribution is 6.31. The molecule has 1 amide bonds. The van der Waals surface area contributed by atoms with Gasteiger partial charge in [0, 0.05) is 11.4 Å². The van der Waals surface area contributed by atoms with E-state index in [0.29, 0.717) is 23.8 Å². The van der Waals surface area contributed by atoms with Crippen LogP contribution in [0.15, 0.2) is 54.9 Å². The van der Waals surface area contributed by atoms with Gasteiger partial charge >= 0.3 is 0 Å². The molecule has 2 heterocycles. The van der Waals surface area contributed by atoms with E-state index in [2.05, 4.69) is 10.1 Å². The van der Waals surface area contributed by atoms with Crippen molar-refractivity contribution in [1.29, 1.82) is 0 Å². The topological polar surface area (TPSA) is 60.2 Å². The quantitative estimate of drug-likeness (QED) is 0.655. The van der Waals surface area contributed by atoms with Gasteiger partial charge in [-0.2, -0.15) is 10.1 Å². The van der Waals surface area contributed by atoms with Gasteiger partial charge in [0.15, 0.2) is 0 Å². The summed E-state index contributed by atoms with van der Waals surface area (Å²) in [5, 5.41) is 5.09. The standard InChI is InChI=1S/C21H21ClN4O2/c1-3-20(27)25-18(14-8-10-15(28-2)11-9-14)12-19(26-21(25)23-13-24-26)16-6-4-5-7-17(16)22/h4-11,13,18-19H,3,12H2,1-2H3. The van der Waals surface area contributed by atoms with Crippen molar-refractivity contribution in [2.75, 3.05) is 12.0 Å². The number of anilines is 1. The third-order valence-corrected chi connectivity index (χ3v) is 5.50. The van der Waals surface area contributed by atoms with Crippen LogP contribution in [0.1, 0.15) is 43.0 Å². The number of methoxy groups -OCH3 is 1. The first-order valence-electron chi connectivity index (χ1n) is 9.24. The molecule has 0 bridgehead atoms. The average molecular weight is 397 g/mol. The van der Waals surface area contributed by atoms with Crippen molar-refractivity contribution in [3.63, 3.8) is 0 Å². The molecule has 2 atom stereocenters. The number of amides is 1. The number of carbonyl (C=O) groups excluding carboxylic acids is 1. The Kier molecular flexibility index (Phi) is 5.05. The van der Waals surface area contributed by atoms with Crippen LogP contribution >= 0.6 is 11.6 Å². The number of benzene rings is 2. The van der Waals surface area contributed by atoms with Gasteiger partial charge < -0.3 is 4.74 Å². The zero-order valence-corrected chi connectivity index (χ0v) is 16.5. The number of aromatic nitrogens is 3. The Bertz CT molecular complexity index is 986. The minimum Gasteiger partial charge on any atom is -0.497 e. The summed E-state index contributed by atoms with van der Waals surface area (Å²) >= 11 is 6.49. The maximum Gasteiger partial charge on any atom is 0.231 e. The number of ether oxygens (including phenoxy) is 1. The fraction of sp³-hybridized carbons (Fsp3) is 0.286. The molecule has 4 rings (SSSR count). The molecule has 0 saturated carbocycles. The second kappa shape index (κ2) is 7.64. The van der Waals surface area contributed by atoms with Crippen LogP contribution in [-0.2, 0) is 4.79 Å². The average Bonchev–Trinajstić information content (AvgIpc) is 3.22. The number of rotatable bonds is 4. The van der Waals surface area contributed by atoms with Crippen LogP contribution in [0.5, 0.6) is 5.75 Å². The Hall–Kier alpha value is -2.86. The molecule has 2 aromatic carbocycles. The minimum atomic E-state index is -0.170. The van der Waals surface area contributed by atoms with E-state index in [-0.39, 0.29) is 18.0 Å². The van der Waals surface area contributed by atoms with Gasteiger partial charge in [0.1, 0.15) is 12.1 Å². The smallest absolute Gasteiger partial charge is 0.231 e. The minimum absolute atomic E-state index is 0.00711. The second-order valence-electron chi connectivity index (χ2n) is 6.68. The summed E-state index contributed by atoms with van der Waals surface area (Å²) in [5.41, 5.74) is 1.99. The number of fused-ring (bicyclic) bond motifs is 1. The van der Waals surface area contributed by atoms with Gasteiger partial charge in [-0.05, 0) is 35.7 Å². The maximum absolute atomic E-state index is 12.8. The molecule has 7 heteroatoms. The Labute approximate surface area is 168 Å². The first kappa shape index (κ1) is 18.5. The first-order chi connectivity index (χ1) is 13.6. The fourth-order valence-electron chi connectivity index (χ4n) is 3.76. The van der Waals surface area contributed by atoms with Crippen LogP contribution in [-0.4, -0.2) is 27.8 Å². The van der Waals surface area contributed by atoms with Crippen LogP contribution in [0, 0.1) is 0 Å². The van der Waals surface area contributed by atoms with E-state index < -0.39 is 0 Å². The normalized spacial score (nSPS) is 18.6. The molecular formula is C21H21ClN4O2. The third kappa shape index (κ3) is 3.14. The molecule has 0 saturated heterocycles. The summed E-state index contributed by atoms with van der Waals surface area (Å²) in [4.78, 5) is 19.0.